The van der Waals surface area contributed by atoms with Crippen molar-refractivity contribution in [3.63, 3.8) is 0 Å². The average molecular weight is 203 g/mol. The predicted molar refractivity (Wildman–Crippen MR) is 41.8 cm³/mol. The van der Waals surface area contributed by atoms with Gasteiger partial charge in [0, 0.05) is 16.1 Å². The number of halogens is 2. The van der Waals surface area contributed by atoms with E-state index >= 15 is 0 Å². The van der Waals surface area contributed by atoms with Gasteiger partial charge in [-0.25, -0.2) is 8.42 Å². The lowest BCUT2D eigenvalue weighted by molar-refractivity contribution is 0.582. The summed E-state index contributed by atoms with van der Waals surface area (Å²) in [5, 5.41) is 0. The Hall–Kier alpha value is 0.530. The molecule has 1 fully saturated rings. The van der Waals surface area contributed by atoms with Crippen LogP contribution >= 0.6 is 22.3 Å². The molecule has 0 aromatic carbocycles. The van der Waals surface area contributed by atoms with Gasteiger partial charge in [-0.15, -0.1) is 0 Å². The third-order valence-corrected chi connectivity index (χ3v) is 5.69. The number of rotatable bonds is 1. The zero-order valence-corrected chi connectivity index (χ0v) is 8.02. The van der Waals surface area contributed by atoms with Gasteiger partial charge in [-0.3, -0.25) is 0 Å². The number of alkyl halides is 1. The summed E-state index contributed by atoms with van der Waals surface area (Å²) in [6.07, 6.45) is 0.438. The molecular weight excluding hydrogens is 195 g/mol. The van der Waals surface area contributed by atoms with E-state index in [2.05, 4.69) is 0 Å². The van der Waals surface area contributed by atoms with Gasteiger partial charge in [0.15, 0.2) is 4.21 Å². The largest absolute Gasteiger partial charge is 0.252 e. The van der Waals surface area contributed by atoms with E-state index in [1.54, 1.807) is 13.8 Å². The molecule has 0 aliphatic heterocycles. The number of hydrogen-bond acceptors (Lipinski definition) is 2. The van der Waals surface area contributed by atoms with Crippen molar-refractivity contribution < 1.29 is 8.42 Å². The van der Waals surface area contributed by atoms with Gasteiger partial charge in [-0.05, 0) is 6.42 Å². The number of hydrogen-bond donors (Lipinski definition) is 0. The summed E-state index contributed by atoms with van der Waals surface area (Å²) in [7, 11) is 1.50. The van der Waals surface area contributed by atoms with Gasteiger partial charge in [0.2, 0.25) is 0 Å². The van der Waals surface area contributed by atoms with Crippen molar-refractivity contribution in [1.29, 1.82) is 0 Å². The summed E-state index contributed by atoms with van der Waals surface area (Å²) in [5.41, 5.74) is -0.366. The highest BCUT2D eigenvalue weighted by Gasteiger charge is 2.68. The van der Waals surface area contributed by atoms with Gasteiger partial charge in [0.1, 0.15) is 0 Å². The smallest absolute Gasteiger partial charge is 0.210 e. The molecule has 0 N–H and O–H groups in total. The maximum absolute atomic E-state index is 10.8. The van der Waals surface area contributed by atoms with Crippen molar-refractivity contribution in [3.8, 4) is 0 Å². The van der Waals surface area contributed by atoms with Gasteiger partial charge >= 0.3 is 0 Å². The highest BCUT2D eigenvalue weighted by Crippen LogP contribution is 2.64. The molecule has 1 saturated carbocycles. The Labute approximate surface area is 69.9 Å². The second-order valence-corrected chi connectivity index (χ2v) is 6.89. The normalized spacial score (nSPS) is 37.6. The Morgan fingerprint density at radius 3 is 1.70 bits per heavy atom. The zero-order chi connectivity index (χ0) is 8.21. The van der Waals surface area contributed by atoms with Gasteiger partial charge < -0.3 is 0 Å². The Kier molecular flexibility index (Phi) is 1.57. The molecule has 1 atom stereocenters. The quantitative estimate of drug-likeness (QED) is 0.482. The first-order chi connectivity index (χ1) is 4.21. The first-order valence-corrected chi connectivity index (χ1v) is 5.53. The van der Waals surface area contributed by atoms with Gasteiger partial charge in [-0.1, -0.05) is 25.4 Å². The third-order valence-electron chi connectivity index (χ3n) is 1.94. The summed E-state index contributed by atoms with van der Waals surface area (Å²) in [6, 6.07) is 0. The average Bonchev–Trinajstić information content (AvgIpc) is 2.05. The van der Waals surface area contributed by atoms with Crippen molar-refractivity contribution in [2.75, 3.05) is 0 Å². The van der Waals surface area contributed by atoms with E-state index < -0.39 is 13.3 Å². The topological polar surface area (TPSA) is 34.1 Å². The van der Waals surface area contributed by atoms with Crippen molar-refractivity contribution in [3.05, 3.63) is 0 Å². The lowest BCUT2D eigenvalue weighted by Gasteiger charge is -2.06. The predicted octanol–water partition coefficient (Wildman–Crippen LogP) is 1.92. The van der Waals surface area contributed by atoms with Crippen LogP contribution in [-0.4, -0.2) is 12.6 Å². The summed E-state index contributed by atoms with van der Waals surface area (Å²) < 4.78 is 20.3. The molecule has 1 aliphatic rings. The summed E-state index contributed by atoms with van der Waals surface area (Å²) >= 11 is 5.69. The van der Waals surface area contributed by atoms with E-state index in [0.29, 0.717) is 6.42 Å². The first-order valence-electron chi connectivity index (χ1n) is 2.84. The molecule has 0 aromatic heterocycles. The highest BCUT2D eigenvalue weighted by atomic mass is 35.7. The molecule has 10 heavy (non-hydrogen) atoms. The molecule has 0 radical (unpaired) electrons. The van der Waals surface area contributed by atoms with Crippen molar-refractivity contribution in [2.24, 2.45) is 5.41 Å². The van der Waals surface area contributed by atoms with Crippen LogP contribution in [0.15, 0.2) is 0 Å². The molecule has 0 spiro atoms. The Morgan fingerprint density at radius 2 is 1.70 bits per heavy atom. The van der Waals surface area contributed by atoms with E-state index in [0.717, 1.165) is 0 Å². The van der Waals surface area contributed by atoms with Crippen LogP contribution in [0, 0.1) is 5.41 Å². The fourth-order valence-corrected chi connectivity index (χ4v) is 3.26. The fraction of sp³-hybridized carbons (Fsp3) is 1.00. The van der Waals surface area contributed by atoms with Crippen LogP contribution in [0.5, 0.6) is 0 Å². The second-order valence-electron chi connectivity index (χ2n) is 3.23. The third kappa shape index (κ3) is 0.953. The van der Waals surface area contributed by atoms with Gasteiger partial charge in [-0.2, -0.15) is 0 Å². The minimum Gasteiger partial charge on any atom is -0.210 e. The molecule has 0 aromatic rings. The van der Waals surface area contributed by atoms with Crippen LogP contribution in [0.2, 0.25) is 0 Å². The van der Waals surface area contributed by atoms with Crippen LogP contribution in [0.25, 0.3) is 0 Å². The summed E-state index contributed by atoms with van der Waals surface area (Å²) in [6.45, 7) is 3.56. The molecule has 60 valence electrons. The highest BCUT2D eigenvalue weighted by molar-refractivity contribution is 8.16. The second kappa shape index (κ2) is 1.82. The van der Waals surface area contributed by atoms with Crippen LogP contribution in [0.3, 0.4) is 0 Å². The monoisotopic (exact) mass is 202 g/mol. The van der Waals surface area contributed by atoms with Crippen molar-refractivity contribution in [2.45, 2.75) is 24.5 Å². The maximum Gasteiger partial charge on any atom is 0.252 e. The molecule has 0 saturated heterocycles. The maximum atomic E-state index is 10.8. The van der Waals surface area contributed by atoms with E-state index in [4.69, 9.17) is 22.3 Å². The van der Waals surface area contributed by atoms with E-state index in [9.17, 15) is 8.42 Å². The molecular formula is C5H8Cl2O2S. The minimum absolute atomic E-state index is 0.366. The van der Waals surface area contributed by atoms with E-state index in [1.807, 2.05) is 0 Å². The molecule has 1 aliphatic carbocycles. The van der Waals surface area contributed by atoms with Gasteiger partial charge in [0.25, 0.3) is 9.05 Å². The molecule has 0 heterocycles. The van der Waals surface area contributed by atoms with Crippen LogP contribution in [-0.2, 0) is 9.05 Å². The first kappa shape index (κ1) is 8.62. The van der Waals surface area contributed by atoms with Crippen molar-refractivity contribution in [1.82, 2.24) is 0 Å². The molecule has 5 heteroatoms. The summed E-state index contributed by atoms with van der Waals surface area (Å²) in [5.74, 6) is 0. The molecule has 0 amide bonds. The van der Waals surface area contributed by atoms with E-state index in [1.165, 1.54) is 0 Å². The van der Waals surface area contributed by atoms with Crippen LogP contribution in [0.1, 0.15) is 20.3 Å². The molecule has 1 rings (SSSR count). The molecule has 2 nitrogen and oxygen atoms in total. The Bertz CT molecular complexity index is 257. The van der Waals surface area contributed by atoms with Gasteiger partial charge in [0.05, 0.1) is 0 Å². The Morgan fingerprint density at radius 1 is 1.40 bits per heavy atom. The van der Waals surface area contributed by atoms with E-state index in [-0.39, 0.29) is 5.41 Å². The fourth-order valence-electron chi connectivity index (χ4n) is 0.940. The zero-order valence-electron chi connectivity index (χ0n) is 5.69. The lowest BCUT2D eigenvalue weighted by atomic mass is 10.2. The molecule has 1 unspecified atom stereocenters. The lowest BCUT2D eigenvalue weighted by Crippen LogP contribution is -2.16. The summed E-state index contributed by atoms with van der Waals surface area (Å²) in [4.78, 5) is 0. The minimum atomic E-state index is -3.60. The van der Waals surface area contributed by atoms with Crippen LogP contribution < -0.4 is 0 Å². The molecule has 0 bridgehead atoms. The standard InChI is InChI=1S/C5H8Cl2O2S/c1-4(2)3-5(4,6)10(7,8)9/h3H2,1-2H3. The Balaban J connectivity index is 3.00. The van der Waals surface area contributed by atoms with Crippen molar-refractivity contribution >= 4 is 31.3 Å². The van der Waals surface area contributed by atoms with Crippen LogP contribution in [0.4, 0.5) is 0 Å². The SMILES string of the molecule is CC1(C)CC1(Cl)S(=O)(=O)Cl.